The molecule has 0 aliphatic rings. The summed E-state index contributed by atoms with van der Waals surface area (Å²) in [6.07, 6.45) is 0.521. The fraction of sp³-hybridized carbons (Fsp3) is 0.800. The molecular weight excluding hydrogens is 212 g/mol. The average Bonchev–Trinajstić information content (AvgIpc) is 2.25. The summed E-state index contributed by atoms with van der Waals surface area (Å²) in [5, 5.41) is 11.1. The Morgan fingerprint density at radius 2 is 2.12 bits per heavy atom. The van der Waals surface area contributed by atoms with Crippen molar-refractivity contribution < 1.29 is 19.4 Å². The summed E-state index contributed by atoms with van der Waals surface area (Å²) in [5.74, 6) is -0.846. The van der Waals surface area contributed by atoms with E-state index < -0.39 is 5.97 Å². The topological polar surface area (TPSA) is 78.9 Å². The molecule has 6 nitrogen and oxygen atoms in total. The smallest absolute Gasteiger partial charge is 0.317 e. The number of carbonyl (C=O) groups is 2. The van der Waals surface area contributed by atoms with Crippen molar-refractivity contribution in [1.29, 1.82) is 0 Å². The Bertz CT molecular complexity index is 221. The van der Waals surface area contributed by atoms with Crippen LogP contribution in [0.4, 0.5) is 4.79 Å². The molecule has 0 bridgehead atoms. The maximum atomic E-state index is 11.5. The van der Waals surface area contributed by atoms with E-state index in [4.69, 9.17) is 9.84 Å². The molecule has 2 N–H and O–H groups in total. The summed E-state index contributed by atoms with van der Waals surface area (Å²) >= 11 is 0. The van der Waals surface area contributed by atoms with E-state index in [2.05, 4.69) is 5.32 Å². The molecule has 6 heteroatoms. The third-order valence-electron chi connectivity index (χ3n) is 2.08. The average molecular weight is 232 g/mol. The molecule has 0 aliphatic heterocycles. The molecule has 0 saturated heterocycles. The highest BCUT2D eigenvalue weighted by Gasteiger charge is 2.09. The molecule has 0 fully saturated rings. The van der Waals surface area contributed by atoms with Crippen LogP contribution in [0.5, 0.6) is 0 Å². The fourth-order valence-corrected chi connectivity index (χ4v) is 1.15. The van der Waals surface area contributed by atoms with Crippen LogP contribution in [-0.4, -0.2) is 55.4 Å². The third kappa shape index (κ3) is 7.05. The lowest BCUT2D eigenvalue weighted by molar-refractivity contribution is -0.137. The molecule has 0 spiro atoms. The standard InChI is InChI=1S/C10H20N2O4/c1-3-12(7-8-16-2)10(15)11-6-4-5-9(13)14/h3-8H2,1-2H3,(H,11,15)(H,13,14). The molecule has 0 atom stereocenters. The Kier molecular flexibility index (Phi) is 8.24. The van der Waals surface area contributed by atoms with Gasteiger partial charge in [0.2, 0.25) is 0 Å². The van der Waals surface area contributed by atoms with Crippen LogP contribution in [0.15, 0.2) is 0 Å². The molecule has 0 unspecified atom stereocenters. The lowest BCUT2D eigenvalue weighted by Gasteiger charge is -2.20. The normalized spacial score (nSPS) is 9.88. The van der Waals surface area contributed by atoms with Gasteiger partial charge in [0.25, 0.3) is 0 Å². The highest BCUT2D eigenvalue weighted by Crippen LogP contribution is 1.91. The van der Waals surface area contributed by atoms with Gasteiger partial charge in [0, 0.05) is 33.2 Å². The van der Waals surface area contributed by atoms with Crippen LogP contribution in [-0.2, 0) is 9.53 Å². The number of hydrogen-bond donors (Lipinski definition) is 2. The number of hydrogen-bond acceptors (Lipinski definition) is 3. The number of nitrogens with zero attached hydrogens (tertiary/aromatic N) is 1. The van der Waals surface area contributed by atoms with Crippen molar-refractivity contribution in [2.75, 3.05) is 33.4 Å². The van der Waals surface area contributed by atoms with E-state index in [-0.39, 0.29) is 12.5 Å². The minimum absolute atomic E-state index is 0.0739. The summed E-state index contributed by atoms with van der Waals surface area (Å²) in [4.78, 5) is 23.4. The zero-order chi connectivity index (χ0) is 12.4. The predicted molar refractivity (Wildman–Crippen MR) is 59.4 cm³/mol. The van der Waals surface area contributed by atoms with Gasteiger partial charge >= 0.3 is 12.0 Å². The van der Waals surface area contributed by atoms with Crippen LogP contribution in [0, 0.1) is 0 Å². The maximum absolute atomic E-state index is 11.5. The number of rotatable bonds is 8. The highest BCUT2D eigenvalue weighted by molar-refractivity contribution is 5.74. The van der Waals surface area contributed by atoms with E-state index in [0.717, 1.165) is 0 Å². The Hall–Kier alpha value is -1.30. The SMILES string of the molecule is CCN(CCOC)C(=O)NCCCC(=O)O. The largest absolute Gasteiger partial charge is 0.481 e. The minimum atomic E-state index is -0.846. The van der Waals surface area contributed by atoms with E-state index in [1.165, 1.54) is 0 Å². The molecule has 0 aliphatic carbocycles. The second-order valence-corrected chi connectivity index (χ2v) is 3.30. The third-order valence-corrected chi connectivity index (χ3v) is 2.08. The number of nitrogens with one attached hydrogen (secondary N) is 1. The first-order valence-electron chi connectivity index (χ1n) is 5.35. The van der Waals surface area contributed by atoms with Crippen molar-refractivity contribution in [1.82, 2.24) is 10.2 Å². The zero-order valence-corrected chi connectivity index (χ0v) is 9.86. The molecule has 0 radical (unpaired) electrons. The van der Waals surface area contributed by atoms with Crippen LogP contribution in [0.25, 0.3) is 0 Å². The summed E-state index contributed by atoms with van der Waals surface area (Å²) in [7, 11) is 1.58. The van der Waals surface area contributed by atoms with E-state index >= 15 is 0 Å². The molecule has 0 rings (SSSR count). The Morgan fingerprint density at radius 3 is 2.62 bits per heavy atom. The minimum Gasteiger partial charge on any atom is -0.481 e. The Morgan fingerprint density at radius 1 is 1.44 bits per heavy atom. The van der Waals surface area contributed by atoms with Gasteiger partial charge in [0.05, 0.1) is 6.61 Å². The van der Waals surface area contributed by atoms with Gasteiger partial charge in [-0.1, -0.05) is 0 Å². The highest BCUT2D eigenvalue weighted by atomic mass is 16.5. The number of methoxy groups -OCH3 is 1. The predicted octanol–water partition coefficient (Wildman–Crippen LogP) is 0.529. The molecule has 94 valence electrons. The quantitative estimate of drug-likeness (QED) is 0.598. The molecule has 0 heterocycles. The Balaban J connectivity index is 3.70. The first-order valence-corrected chi connectivity index (χ1v) is 5.35. The molecule has 0 aromatic heterocycles. The number of likely N-dealkylation sites (N-methyl/N-ethyl adjacent to an activating group) is 1. The summed E-state index contributed by atoms with van der Waals surface area (Å²) in [5.41, 5.74) is 0. The van der Waals surface area contributed by atoms with Crippen molar-refractivity contribution in [3.05, 3.63) is 0 Å². The monoisotopic (exact) mass is 232 g/mol. The van der Waals surface area contributed by atoms with Crippen molar-refractivity contribution in [3.63, 3.8) is 0 Å². The van der Waals surface area contributed by atoms with E-state index in [1.807, 2.05) is 6.92 Å². The van der Waals surface area contributed by atoms with Gasteiger partial charge in [-0.15, -0.1) is 0 Å². The first kappa shape index (κ1) is 14.7. The molecule has 0 aromatic rings. The zero-order valence-electron chi connectivity index (χ0n) is 9.86. The summed E-state index contributed by atoms with van der Waals surface area (Å²) < 4.78 is 4.88. The lowest BCUT2D eigenvalue weighted by atomic mass is 10.3. The van der Waals surface area contributed by atoms with Gasteiger partial charge in [-0.3, -0.25) is 4.79 Å². The van der Waals surface area contributed by atoms with Crippen LogP contribution in [0.1, 0.15) is 19.8 Å². The van der Waals surface area contributed by atoms with Gasteiger partial charge < -0.3 is 20.1 Å². The maximum Gasteiger partial charge on any atom is 0.317 e. The van der Waals surface area contributed by atoms with Gasteiger partial charge in [0.1, 0.15) is 0 Å². The number of carbonyl (C=O) groups excluding carboxylic acids is 1. The van der Waals surface area contributed by atoms with Crippen molar-refractivity contribution in [3.8, 4) is 0 Å². The second kappa shape index (κ2) is 8.96. The Labute approximate surface area is 95.6 Å². The van der Waals surface area contributed by atoms with Gasteiger partial charge in [-0.05, 0) is 13.3 Å². The molecule has 0 saturated carbocycles. The van der Waals surface area contributed by atoms with Crippen molar-refractivity contribution >= 4 is 12.0 Å². The second-order valence-electron chi connectivity index (χ2n) is 3.30. The summed E-state index contributed by atoms with van der Waals surface area (Å²) in [6, 6.07) is -0.176. The van der Waals surface area contributed by atoms with Crippen molar-refractivity contribution in [2.45, 2.75) is 19.8 Å². The first-order chi connectivity index (χ1) is 7.61. The molecule has 0 aromatic carbocycles. The molecule has 2 amide bonds. The number of amides is 2. The van der Waals surface area contributed by atoms with E-state index in [9.17, 15) is 9.59 Å². The van der Waals surface area contributed by atoms with Gasteiger partial charge in [-0.25, -0.2) is 4.79 Å². The fourth-order valence-electron chi connectivity index (χ4n) is 1.15. The number of urea groups is 1. The van der Waals surface area contributed by atoms with Gasteiger partial charge in [-0.2, -0.15) is 0 Å². The van der Waals surface area contributed by atoms with E-state index in [1.54, 1.807) is 12.0 Å². The molecule has 16 heavy (non-hydrogen) atoms. The lowest BCUT2D eigenvalue weighted by Crippen LogP contribution is -2.41. The van der Waals surface area contributed by atoms with Crippen molar-refractivity contribution in [2.24, 2.45) is 0 Å². The van der Waals surface area contributed by atoms with Crippen LogP contribution in [0.2, 0.25) is 0 Å². The number of aliphatic carboxylic acids is 1. The summed E-state index contributed by atoms with van der Waals surface area (Å²) in [6.45, 7) is 3.91. The van der Waals surface area contributed by atoms with Crippen LogP contribution >= 0.6 is 0 Å². The number of ether oxygens (including phenoxy) is 1. The van der Waals surface area contributed by atoms with Crippen LogP contribution in [0.3, 0.4) is 0 Å². The number of carboxylic acids is 1. The van der Waals surface area contributed by atoms with E-state index in [0.29, 0.717) is 32.7 Å². The number of carboxylic acid groups (broad SMARTS) is 1. The van der Waals surface area contributed by atoms with Crippen LogP contribution < -0.4 is 5.32 Å². The van der Waals surface area contributed by atoms with Gasteiger partial charge in [0.15, 0.2) is 0 Å². The molecular formula is C10H20N2O4.